The number of hydrogen-bond donors (Lipinski definition) is 0. The topological polar surface area (TPSA) is 13.1 Å². The van der Waals surface area contributed by atoms with Crippen LogP contribution in [0.25, 0.3) is 98.8 Å². The predicted octanol–water partition coefficient (Wildman–Crippen LogP) is 13.7. The Balaban J connectivity index is 1.30. The van der Waals surface area contributed by atoms with E-state index in [9.17, 15) is 11.0 Å². The minimum atomic E-state index is -0.827. The summed E-state index contributed by atoms with van der Waals surface area (Å²) in [5.74, 6) is 0. The number of fused-ring (bicyclic) bond motifs is 6. The summed E-state index contributed by atoms with van der Waals surface area (Å²) in [4.78, 5) is 0. The molecule has 1 aromatic heterocycles. The predicted molar refractivity (Wildman–Crippen MR) is 208 cm³/mol. The third kappa shape index (κ3) is 4.40. The first-order valence-corrected chi connectivity index (χ1v) is 15.5. The van der Waals surface area contributed by atoms with E-state index in [4.69, 9.17) is 16.8 Å². The van der Waals surface area contributed by atoms with Crippen LogP contribution in [0.1, 0.15) is 23.3 Å². The standard InChI is InChI=1S/C48H30O/c1-2-13-33(14-3-1)46-39-17-6-8-19-41(39)47(42-20-9-7-18-40(42)46)34-26-24-31(25-27-34)35-28-29-38-44-23-11-22-43(48(44)49-45(38)30-35)37-21-10-15-32-12-4-5-16-36(32)37/h1-30H/i1D,2D,3D,6D,7D,8D,9D,13D,14D,17D,18D,19D,20D,24D,25D,26D,27D. The molecule has 0 aliphatic rings. The fraction of sp³-hybridized carbons (Fsp3) is 0. The Kier molecular flexibility index (Phi) is 3.54. The molecule has 0 bridgehead atoms. The van der Waals surface area contributed by atoms with Gasteiger partial charge in [-0.25, -0.2) is 0 Å². The van der Waals surface area contributed by atoms with E-state index in [1.165, 1.54) is 0 Å². The molecule has 0 N–H and O–H groups in total. The van der Waals surface area contributed by atoms with Crippen molar-refractivity contribution in [2.75, 3.05) is 0 Å². The Morgan fingerprint density at radius 3 is 1.63 bits per heavy atom. The van der Waals surface area contributed by atoms with E-state index in [0.717, 1.165) is 32.7 Å². The second-order valence-corrected chi connectivity index (χ2v) is 11.5. The van der Waals surface area contributed by atoms with Gasteiger partial charge in [0.2, 0.25) is 0 Å². The van der Waals surface area contributed by atoms with Crippen LogP contribution in [-0.2, 0) is 0 Å². The third-order valence-corrected chi connectivity index (χ3v) is 8.87. The molecule has 0 unspecified atom stereocenters. The lowest BCUT2D eigenvalue weighted by atomic mass is 9.86. The van der Waals surface area contributed by atoms with Gasteiger partial charge in [-0.15, -0.1) is 0 Å². The summed E-state index contributed by atoms with van der Waals surface area (Å²) in [7, 11) is 0. The van der Waals surface area contributed by atoms with E-state index in [1.54, 1.807) is 18.2 Å². The summed E-state index contributed by atoms with van der Waals surface area (Å²) in [6.07, 6.45) is 0. The van der Waals surface area contributed by atoms with Crippen LogP contribution in [0.2, 0.25) is 0 Å². The smallest absolute Gasteiger partial charge is 0.143 e. The molecule has 0 atom stereocenters. The highest BCUT2D eigenvalue weighted by molar-refractivity contribution is 6.21. The zero-order chi connectivity index (χ0) is 47.1. The molecule has 0 aliphatic carbocycles. The minimum absolute atomic E-state index is 0.154. The molecule has 0 spiro atoms. The maximum absolute atomic E-state index is 9.53. The Hall–Kier alpha value is -6.44. The van der Waals surface area contributed by atoms with Gasteiger partial charge in [0.15, 0.2) is 0 Å². The van der Waals surface area contributed by atoms with Gasteiger partial charge in [0, 0.05) is 16.3 Å². The molecule has 0 saturated carbocycles. The van der Waals surface area contributed by atoms with Gasteiger partial charge in [-0.1, -0.05) is 169 Å². The molecular formula is C48H30O. The highest BCUT2D eigenvalue weighted by Crippen LogP contribution is 2.44. The van der Waals surface area contributed by atoms with Crippen LogP contribution in [0.5, 0.6) is 0 Å². The lowest BCUT2D eigenvalue weighted by Crippen LogP contribution is -1.90. The largest absolute Gasteiger partial charge is 0.455 e. The highest BCUT2D eigenvalue weighted by atomic mass is 16.3. The van der Waals surface area contributed by atoms with Gasteiger partial charge < -0.3 is 4.42 Å². The zero-order valence-electron chi connectivity index (χ0n) is 42.4. The van der Waals surface area contributed by atoms with Crippen molar-refractivity contribution in [3.05, 3.63) is 182 Å². The van der Waals surface area contributed by atoms with Gasteiger partial charge in [-0.05, 0) is 83.4 Å². The van der Waals surface area contributed by atoms with Crippen molar-refractivity contribution in [2.45, 2.75) is 0 Å². The van der Waals surface area contributed by atoms with Crippen molar-refractivity contribution >= 4 is 54.3 Å². The maximum atomic E-state index is 9.53. The van der Waals surface area contributed by atoms with Crippen molar-refractivity contribution in [1.82, 2.24) is 0 Å². The van der Waals surface area contributed by atoms with Crippen molar-refractivity contribution in [1.29, 1.82) is 0 Å². The highest BCUT2D eigenvalue weighted by Gasteiger charge is 2.17. The number of hydrogen-bond acceptors (Lipinski definition) is 1. The molecule has 228 valence electrons. The first-order valence-electron chi connectivity index (χ1n) is 24.0. The van der Waals surface area contributed by atoms with Crippen molar-refractivity contribution in [2.24, 2.45) is 0 Å². The summed E-state index contributed by atoms with van der Waals surface area (Å²) in [5.41, 5.74) is 0.674. The molecule has 0 aliphatic heterocycles. The lowest BCUT2D eigenvalue weighted by Gasteiger charge is -2.18. The Bertz CT molecular complexity index is 3710. The Morgan fingerprint density at radius 1 is 0.367 bits per heavy atom. The number of furan rings is 1. The molecule has 0 saturated heterocycles. The second kappa shape index (κ2) is 11.1. The lowest BCUT2D eigenvalue weighted by molar-refractivity contribution is 0.670. The molecule has 1 nitrogen and oxygen atoms in total. The van der Waals surface area contributed by atoms with Crippen LogP contribution in [0.15, 0.2) is 186 Å². The van der Waals surface area contributed by atoms with Crippen LogP contribution < -0.4 is 0 Å². The molecule has 1 heteroatoms. The molecule has 10 aromatic rings. The minimum Gasteiger partial charge on any atom is -0.455 e. The van der Waals surface area contributed by atoms with Crippen LogP contribution in [0.3, 0.4) is 0 Å². The second-order valence-electron chi connectivity index (χ2n) is 11.5. The first-order chi connectivity index (χ1) is 31.4. The summed E-state index contributed by atoms with van der Waals surface area (Å²) in [6.45, 7) is 0. The molecular weight excluding hydrogens is 593 g/mol. The van der Waals surface area contributed by atoms with Crippen LogP contribution in [-0.4, -0.2) is 0 Å². The normalized spacial score (nSPS) is 16.5. The molecule has 0 fully saturated rings. The SMILES string of the molecule is [2H]c1c([2H])c([2H])c(-c2c3c([2H])c([2H])c([2H])c([2H])c3c(-c3c([2H])c([2H])c(-c4ccc5c(c4)oc4c(-c6cccc7ccccc67)cccc45)c([2H])c3[2H])c3c([2H])c([2H])c([2H])c([2H])c23)c([2H])c1[2H]. The summed E-state index contributed by atoms with van der Waals surface area (Å²) >= 11 is 0. The quantitative estimate of drug-likeness (QED) is 0.175. The molecule has 0 radical (unpaired) electrons. The van der Waals surface area contributed by atoms with Crippen molar-refractivity contribution in [3.8, 4) is 44.5 Å². The van der Waals surface area contributed by atoms with E-state index in [2.05, 4.69) is 0 Å². The van der Waals surface area contributed by atoms with E-state index in [0.29, 0.717) is 11.2 Å². The number of benzene rings is 9. The molecule has 49 heavy (non-hydrogen) atoms. The molecule has 10 rings (SSSR count). The molecule has 0 amide bonds. The van der Waals surface area contributed by atoms with E-state index < -0.39 is 147 Å². The van der Waals surface area contributed by atoms with Gasteiger partial charge in [-0.3, -0.25) is 0 Å². The van der Waals surface area contributed by atoms with Gasteiger partial charge >= 0.3 is 0 Å². The first kappa shape index (κ1) is 15.6. The maximum Gasteiger partial charge on any atom is 0.143 e. The van der Waals surface area contributed by atoms with Crippen LogP contribution >= 0.6 is 0 Å². The average Bonchev–Trinajstić information content (AvgIpc) is 3.70. The molecule has 9 aromatic carbocycles. The fourth-order valence-corrected chi connectivity index (χ4v) is 6.71. The summed E-state index contributed by atoms with van der Waals surface area (Å²) in [6, 6.07) is 11.6. The Labute approximate surface area is 308 Å². The van der Waals surface area contributed by atoms with Crippen molar-refractivity contribution in [3.63, 3.8) is 0 Å². The Morgan fingerprint density at radius 2 is 0.918 bits per heavy atom. The zero-order valence-corrected chi connectivity index (χ0v) is 25.4. The van der Waals surface area contributed by atoms with Crippen molar-refractivity contribution < 1.29 is 27.7 Å². The number of rotatable bonds is 4. The van der Waals surface area contributed by atoms with E-state index in [-0.39, 0.29) is 11.1 Å². The monoisotopic (exact) mass is 639 g/mol. The van der Waals surface area contributed by atoms with Gasteiger partial charge in [0.05, 0.1) is 23.3 Å². The van der Waals surface area contributed by atoms with E-state index >= 15 is 0 Å². The summed E-state index contributed by atoms with van der Waals surface area (Å²) < 4.78 is 159. The fourth-order valence-electron chi connectivity index (χ4n) is 6.71. The summed E-state index contributed by atoms with van der Waals surface area (Å²) in [5, 5.41) is 1.52. The van der Waals surface area contributed by atoms with Gasteiger partial charge in [0.1, 0.15) is 11.2 Å². The van der Waals surface area contributed by atoms with Crippen LogP contribution in [0.4, 0.5) is 0 Å². The molecule has 1 heterocycles. The third-order valence-electron chi connectivity index (χ3n) is 8.87. The van der Waals surface area contributed by atoms with Gasteiger partial charge in [-0.2, -0.15) is 0 Å². The van der Waals surface area contributed by atoms with E-state index in [1.807, 2.05) is 60.7 Å². The van der Waals surface area contributed by atoms with Crippen LogP contribution in [0, 0.1) is 0 Å². The van der Waals surface area contributed by atoms with Gasteiger partial charge in [0.25, 0.3) is 0 Å². The average molecular weight is 640 g/mol. The number of para-hydroxylation sites is 1.